The first kappa shape index (κ1) is 17.5. The smallest absolute Gasteiger partial charge is 0.313 e. The van der Waals surface area contributed by atoms with Crippen molar-refractivity contribution in [2.24, 2.45) is 10.2 Å². The zero-order valence-corrected chi connectivity index (χ0v) is 15.0. The Bertz CT molecular complexity index is 1180. The van der Waals surface area contributed by atoms with Gasteiger partial charge in [-0.1, -0.05) is 30.3 Å². The largest absolute Gasteiger partial charge is 0.493 e. The van der Waals surface area contributed by atoms with Crippen LogP contribution < -0.4 is 4.74 Å². The summed E-state index contributed by atoms with van der Waals surface area (Å²) in [5.74, 6) is -0.0631. The number of nitrogens with zero attached hydrogens (tertiary/aromatic N) is 3. The number of hydrogen-bond acceptors (Lipinski definition) is 5. The standard InChI is InChI=1S/C20H17N5O3/c1-2-28-17-10-6-4-7-12(17)15-11-16(23-22-15)19(26)25-24-18-13-8-3-5-9-14(13)21-20(18)27/h3-11,21,27H,2H2,1H3,(H,22,23). The van der Waals surface area contributed by atoms with E-state index >= 15 is 0 Å². The molecule has 3 N–H and O–H groups in total. The van der Waals surface area contributed by atoms with Gasteiger partial charge in [0.2, 0.25) is 5.88 Å². The number of azo groups is 1. The van der Waals surface area contributed by atoms with Crippen molar-refractivity contribution in [2.75, 3.05) is 6.61 Å². The van der Waals surface area contributed by atoms with E-state index in [1.807, 2.05) is 43.3 Å². The third kappa shape index (κ3) is 3.23. The van der Waals surface area contributed by atoms with E-state index in [0.29, 0.717) is 29.0 Å². The van der Waals surface area contributed by atoms with Crippen molar-refractivity contribution in [3.05, 3.63) is 60.3 Å². The van der Waals surface area contributed by atoms with Gasteiger partial charge in [-0.15, -0.1) is 10.2 Å². The molecule has 28 heavy (non-hydrogen) atoms. The number of rotatable bonds is 5. The number of nitrogens with one attached hydrogen (secondary N) is 2. The SMILES string of the molecule is CCOc1ccccc1-c1cc(C(=O)N=Nc2c(O)[nH]c3ccccc23)[nH]n1. The molecule has 140 valence electrons. The molecule has 0 saturated carbocycles. The summed E-state index contributed by atoms with van der Waals surface area (Å²) in [6.07, 6.45) is 0. The van der Waals surface area contributed by atoms with Crippen LogP contribution in [0.5, 0.6) is 11.6 Å². The van der Waals surface area contributed by atoms with Gasteiger partial charge in [0.05, 0.1) is 17.8 Å². The second kappa shape index (κ2) is 7.36. The van der Waals surface area contributed by atoms with Gasteiger partial charge in [0.1, 0.15) is 11.4 Å². The third-order valence-electron chi connectivity index (χ3n) is 4.17. The summed E-state index contributed by atoms with van der Waals surface area (Å²) in [7, 11) is 0. The first-order chi connectivity index (χ1) is 13.7. The summed E-state index contributed by atoms with van der Waals surface area (Å²) in [6.45, 7) is 2.42. The van der Waals surface area contributed by atoms with Crippen LogP contribution >= 0.6 is 0 Å². The van der Waals surface area contributed by atoms with E-state index in [1.165, 1.54) is 0 Å². The fourth-order valence-corrected chi connectivity index (χ4v) is 2.89. The number of aromatic amines is 2. The van der Waals surface area contributed by atoms with Gasteiger partial charge in [0, 0.05) is 10.9 Å². The number of para-hydroxylation sites is 2. The molecule has 0 saturated heterocycles. The van der Waals surface area contributed by atoms with E-state index in [2.05, 4.69) is 25.4 Å². The Labute approximate surface area is 159 Å². The average Bonchev–Trinajstić information content (AvgIpc) is 3.31. The Kier molecular flexibility index (Phi) is 4.59. The van der Waals surface area contributed by atoms with E-state index in [0.717, 1.165) is 5.56 Å². The number of fused-ring (bicyclic) bond motifs is 1. The first-order valence-corrected chi connectivity index (χ1v) is 8.70. The summed E-state index contributed by atoms with van der Waals surface area (Å²) in [4.78, 5) is 15.2. The van der Waals surface area contributed by atoms with Crippen LogP contribution in [0.3, 0.4) is 0 Å². The summed E-state index contributed by atoms with van der Waals surface area (Å²) >= 11 is 0. The summed E-state index contributed by atoms with van der Waals surface area (Å²) in [5, 5.41) is 25.2. The lowest BCUT2D eigenvalue weighted by Gasteiger charge is -2.07. The van der Waals surface area contributed by atoms with Crippen LogP contribution in [0.1, 0.15) is 17.4 Å². The Morgan fingerprint density at radius 2 is 1.96 bits per heavy atom. The maximum absolute atomic E-state index is 12.4. The van der Waals surface area contributed by atoms with Crippen molar-refractivity contribution in [3.8, 4) is 22.9 Å². The van der Waals surface area contributed by atoms with Crippen LogP contribution in [0.15, 0.2) is 64.8 Å². The maximum atomic E-state index is 12.4. The van der Waals surface area contributed by atoms with Crippen molar-refractivity contribution in [1.29, 1.82) is 0 Å². The zero-order chi connectivity index (χ0) is 19.5. The van der Waals surface area contributed by atoms with Crippen LogP contribution in [-0.2, 0) is 0 Å². The van der Waals surface area contributed by atoms with Crippen LogP contribution in [0, 0.1) is 0 Å². The lowest BCUT2D eigenvalue weighted by atomic mass is 10.1. The molecular formula is C20H17N5O3. The Balaban J connectivity index is 1.60. The number of carbonyl (C=O) groups excluding carboxylic acids is 1. The van der Waals surface area contributed by atoms with Crippen molar-refractivity contribution in [1.82, 2.24) is 15.2 Å². The number of benzene rings is 2. The molecule has 2 heterocycles. The van der Waals surface area contributed by atoms with Gasteiger partial charge >= 0.3 is 5.91 Å². The van der Waals surface area contributed by atoms with Crippen molar-refractivity contribution in [3.63, 3.8) is 0 Å². The van der Waals surface area contributed by atoms with E-state index in [4.69, 9.17) is 4.74 Å². The monoisotopic (exact) mass is 375 g/mol. The fraction of sp³-hybridized carbons (Fsp3) is 0.100. The molecule has 0 aliphatic rings. The molecule has 4 aromatic rings. The molecule has 0 fully saturated rings. The van der Waals surface area contributed by atoms with E-state index in [-0.39, 0.29) is 17.3 Å². The molecule has 2 aromatic heterocycles. The molecule has 0 aliphatic carbocycles. The second-order valence-corrected chi connectivity index (χ2v) is 5.97. The van der Waals surface area contributed by atoms with Gasteiger partial charge in [-0.3, -0.25) is 9.89 Å². The number of ether oxygens (including phenoxy) is 1. The van der Waals surface area contributed by atoms with E-state index in [9.17, 15) is 9.90 Å². The highest BCUT2D eigenvalue weighted by Crippen LogP contribution is 2.35. The molecule has 2 aromatic carbocycles. The predicted octanol–water partition coefficient (Wildman–Crippen LogP) is 4.59. The van der Waals surface area contributed by atoms with Gasteiger partial charge in [0.15, 0.2) is 5.69 Å². The van der Waals surface area contributed by atoms with Crippen LogP contribution in [-0.4, -0.2) is 32.8 Å². The number of amides is 1. The normalized spacial score (nSPS) is 11.3. The molecule has 0 spiro atoms. The molecule has 0 aliphatic heterocycles. The molecular weight excluding hydrogens is 358 g/mol. The summed E-state index contributed by atoms with van der Waals surface area (Å²) in [6, 6.07) is 16.3. The number of H-pyrrole nitrogens is 2. The highest BCUT2D eigenvalue weighted by molar-refractivity contribution is 5.96. The van der Waals surface area contributed by atoms with Crippen LogP contribution in [0.25, 0.3) is 22.2 Å². The van der Waals surface area contributed by atoms with Gasteiger partial charge < -0.3 is 14.8 Å². The van der Waals surface area contributed by atoms with Gasteiger partial charge in [-0.05, 0) is 31.2 Å². The minimum atomic E-state index is -0.600. The van der Waals surface area contributed by atoms with Crippen LogP contribution in [0.4, 0.5) is 5.69 Å². The highest BCUT2D eigenvalue weighted by Gasteiger charge is 2.15. The van der Waals surface area contributed by atoms with Gasteiger partial charge in [0.25, 0.3) is 0 Å². The second-order valence-electron chi connectivity index (χ2n) is 5.97. The number of aromatic hydroxyl groups is 1. The van der Waals surface area contributed by atoms with Crippen LogP contribution in [0.2, 0.25) is 0 Å². The number of hydrogen-bond donors (Lipinski definition) is 3. The minimum absolute atomic E-state index is 0.145. The number of carbonyl (C=O) groups is 1. The Morgan fingerprint density at radius 1 is 1.18 bits per heavy atom. The maximum Gasteiger partial charge on any atom is 0.313 e. The summed E-state index contributed by atoms with van der Waals surface area (Å²) < 4.78 is 5.60. The highest BCUT2D eigenvalue weighted by atomic mass is 16.5. The molecule has 0 unspecified atom stereocenters. The Hall–Kier alpha value is -3.94. The Morgan fingerprint density at radius 3 is 2.82 bits per heavy atom. The fourth-order valence-electron chi connectivity index (χ4n) is 2.89. The quantitative estimate of drug-likeness (QED) is 0.442. The van der Waals surface area contributed by atoms with Crippen molar-refractivity contribution >= 4 is 22.5 Å². The van der Waals surface area contributed by atoms with Gasteiger partial charge in [-0.25, -0.2) is 0 Å². The van der Waals surface area contributed by atoms with E-state index < -0.39 is 5.91 Å². The molecule has 1 amide bonds. The lowest BCUT2D eigenvalue weighted by Crippen LogP contribution is -1.94. The summed E-state index contributed by atoms with van der Waals surface area (Å²) in [5.41, 5.74) is 2.44. The van der Waals surface area contributed by atoms with Crippen molar-refractivity contribution in [2.45, 2.75) is 6.92 Å². The lowest BCUT2D eigenvalue weighted by molar-refractivity contribution is 0.0990. The topological polar surface area (TPSA) is 116 Å². The average molecular weight is 375 g/mol. The number of aromatic nitrogens is 3. The molecule has 0 bridgehead atoms. The molecule has 0 atom stereocenters. The molecule has 4 rings (SSSR count). The first-order valence-electron chi connectivity index (χ1n) is 8.70. The van der Waals surface area contributed by atoms with Gasteiger partial charge in [-0.2, -0.15) is 5.10 Å². The molecule has 0 radical (unpaired) electrons. The predicted molar refractivity (Wildman–Crippen MR) is 104 cm³/mol. The van der Waals surface area contributed by atoms with E-state index in [1.54, 1.807) is 18.2 Å². The minimum Gasteiger partial charge on any atom is -0.493 e. The third-order valence-corrected chi connectivity index (χ3v) is 4.17. The zero-order valence-electron chi connectivity index (χ0n) is 15.0. The van der Waals surface area contributed by atoms with Crippen molar-refractivity contribution < 1.29 is 14.6 Å². The molecule has 8 nitrogen and oxygen atoms in total. The molecule has 8 heteroatoms.